The summed E-state index contributed by atoms with van der Waals surface area (Å²) in [6.07, 6.45) is 1.52. The molecule has 0 aliphatic heterocycles. The normalized spacial score (nSPS) is 10.3. The van der Waals surface area contributed by atoms with Gasteiger partial charge in [-0.25, -0.2) is 0 Å². The third-order valence-electron chi connectivity index (χ3n) is 2.93. The molecule has 0 fully saturated rings. The number of benzene rings is 1. The molecule has 1 aromatic heterocycles. The fourth-order valence-corrected chi connectivity index (χ4v) is 2.49. The Kier molecular flexibility index (Phi) is 5.46. The van der Waals surface area contributed by atoms with Gasteiger partial charge in [-0.2, -0.15) is 0 Å². The van der Waals surface area contributed by atoms with Crippen molar-refractivity contribution in [3.8, 4) is 0 Å². The monoisotopic (exact) mass is 340 g/mol. The van der Waals surface area contributed by atoms with Gasteiger partial charge in [0, 0.05) is 6.92 Å². The first-order valence-electron chi connectivity index (χ1n) is 6.50. The van der Waals surface area contributed by atoms with Crippen molar-refractivity contribution < 1.29 is 14.0 Å². The number of carbonyl (C=O) groups excluding carboxylic acids is 2. The van der Waals surface area contributed by atoms with Crippen molar-refractivity contribution >= 4 is 40.7 Å². The Morgan fingerprint density at radius 1 is 1.18 bits per heavy atom. The fourth-order valence-electron chi connectivity index (χ4n) is 1.89. The zero-order valence-electron chi connectivity index (χ0n) is 11.8. The zero-order valence-corrected chi connectivity index (χ0v) is 13.3. The number of hydrogen-bond acceptors (Lipinski definition) is 3. The first kappa shape index (κ1) is 16.4. The molecule has 7 heteroatoms. The Morgan fingerprint density at radius 3 is 2.41 bits per heavy atom. The van der Waals surface area contributed by atoms with E-state index in [1.807, 2.05) is 0 Å². The number of furan rings is 1. The van der Waals surface area contributed by atoms with Crippen LogP contribution in [0.4, 0.5) is 5.69 Å². The molecule has 0 atom stereocenters. The Hall–Kier alpha value is -1.98. The van der Waals surface area contributed by atoms with Gasteiger partial charge in [0.25, 0.3) is 0 Å². The molecular weight excluding hydrogens is 327 g/mol. The molecule has 0 unspecified atom stereocenters. The standard InChI is InChI=1S/C15H14Cl2N2O3/c1-10(20)19(15-12(16)5-2-6-13(15)17)9-14(21)18-8-11-4-3-7-22-11/h2-7H,8-9H2,1H3,(H,18,21). The minimum Gasteiger partial charge on any atom is -0.467 e. The van der Waals surface area contributed by atoms with Gasteiger partial charge in [-0.3, -0.25) is 9.59 Å². The number of hydrogen-bond donors (Lipinski definition) is 1. The van der Waals surface area contributed by atoms with E-state index in [0.717, 1.165) is 0 Å². The van der Waals surface area contributed by atoms with Crippen molar-refractivity contribution in [1.29, 1.82) is 0 Å². The summed E-state index contributed by atoms with van der Waals surface area (Å²) in [5.74, 6) is -0.0516. The topological polar surface area (TPSA) is 62.6 Å². The number of carbonyl (C=O) groups is 2. The molecule has 22 heavy (non-hydrogen) atoms. The maximum atomic E-state index is 12.0. The second-order valence-corrected chi connectivity index (χ2v) is 5.35. The van der Waals surface area contributed by atoms with Crippen molar-refractivity contribution in [1.82, 2.24) is 5.32 Å². The van der Waals surface area contributed by atoms with Crippen LogP contribution in [-0.2, 0) is 16.1 Å². The molecule has 1 N–H and O–H groups in total. The van der Waals surface area contributed by atoms with Crippen LogP contribution >= 0.6 is 23.2 Å². The average molecular weight is 341 g/mol. The van der Waals surface area contributed by atoms with Crippen LogP contribution in [0.15, 0.2) is 41.0 Å². The molecule has 5 nitrogen and oxygen atoms in total. The van der Waals surface area contributed by atoms with Crippen molar-refractivity contribution in [3.63, 3.8) is 0 Å². The molecule has 2 rings (SSSR count). The van der Waals surface area contributed by atoms with Gasteiger partial charge in [0.2, 0.25) is 11.8 Å². The second-order valence-electron chi connectivity index (χ2n) is 4.53. The van der Waals surface area contributed by atoms with E-state index in [1.54, 1.807) is 30.3 Å². The van der Waals surface area contributed by atoms with Crippen LogP contribution in [0.2, 0.25) is 10.0 Å². The summed E-state index contributed by atoms with van der Waals surface area (Å²) in [6, 6.07) is 8.36. The van der Waals surface area contributed by atoms with Gasteiger partial charge in [0.1, 0.15) is 12.3 Å². The number of halogens is 2. The lowest BCUT2D eigenvalue weighted by molar-refractivity contribution is -0.123. The number of rotatable bonds is 5. The average Bonchev–Trinajstić information content (AvgIpc) is 2.97. The SMILES string of the molecule is CC(=O)N(CC(=O)NCc1ccco1)c1c(Cl)cccc1Cl. The van der Waals surface area contributed by atoms with E-state index in [0.29, 0.717) is 21.5 Å². The van der Waals surface area contributed by atoms with E-state index in [2.05, 4.69) is 5.32 Å². The largest absolute Gasteiger partial charge is 0.467 e. The second kappa shape index (κ2) is 7.33. The summed E-state index contributed by atoms with van der Waals surface area (Å²) in [6.45, 7) is 1.41. The van der Waals surface area contributed by atoms with E-state index in [-0.39, 0.29) is 24.9 Å². The molecule has 0 aliphatic carbocycles. The Balaban J connectivity index is 2.09. The zero-order chi connectivity index (χ0) is 16.1. The fraction of sp³-hybridized carbons (Fsp3) is 0.200. The van der Waals surface area contributed by atoms with E-state index < -0.39 is 0 Å². The maximum Gasteiger partial charge on any atom is 0.240 e. The number of nitrogens with one attached hydrogen (secondary N) is 1. The Morgan fingerprint density at radius 2 is 1.86 bits per heavy atom. The van der Waals surface area contributed by atoms with E-state index in [1.165, 1.54) is 18.1 Å². The minimum atomic E-state index is -0.345. The number of para-hydroxylation sites is 1. The van der Waals surface area contributed by atoms with Gasteiger partial charge in [0.15, 0.2) is 0 Å². The van der Waals surface area contributed by atoms with Gasteiger partial charge < -0.3 is 14.6 Å². The highest BCUT2D eigenvalue weighted by Gasteiger charge is 2.20. The van der Waals surface area contributed by atoms with Crippen LogP contribution in [0.3, 0.4) is 0 Å². The number of amides is 2. The summed E-state index contributed by atoms with van der Waals surface area (Å²) >= 11 is 12.2. The predicted octanol–water partition coefficient (Wildman–Crippen LogP) is 3.26. The highest BCUT2D eigenvalue weighted by molar-refractivity contribution is 6.40. The third-order valence-corrected chi connectivity index (χ3v) is 3.54. The van der Waals surface area contributed by atoms with Gasteiger partial charge in [-0.1, -0.05) is 29.3 Å². The molecule has 116 valence electrons. The van der Waals surface area contributed by atoms with E-state index in [9.17, 15) is 9.59 Å². The molecule has 0 bridgehead atoms. The first-order chi connectivity index (χ1) is 10.5. The van der Waals surface area contributed by atoms with Crippen LogP contribution < -0.4 is 10.2 Å². The number of anilines is 1. The lowest BCUT2D eigenvalue weighted by atomic mass is 10.2. The number of nitrogens with zero attached hydrogens (tertiary/aromatic N) is 1. The minimum absolute atomic E-state index is 0.181. The molecule has 0 radical (unpaired) electrons. The highest BCUT2D eigenvalue weighted by atomic mass is 35.5. The molecule has 0 saturated carbocycles. The van der Waals surface area contributed by atoms with Gasteiger partial charge in [-0.05, 0) is 24.3 Å². The summed E-state index contributed by atoms with van der Waals surface area (Å²) in [5.41, 5.74) is 0.325. The molecule has 0 saturated heterocycles. The van der Waals surface area contributed by atoms with E-state index >= 15 is 0 Å². The van der Waals surface area contributed by atoms with Gasteiger partial charge in [0.05, 0.1) is 28.5 Å². The smallest absolute Gasteiger partial charge is 0.240 e. The molecule has 0 spiro atoms. The quantitative estimate of drug-likeness (QED) is 0.908. The summed E-state index contributed by atoms with van der Waals surface area (Å²) in [5, 5.41) is 3.28. The molecule has 1 heterocycles. The van der Waals surface area contributed by atoms with Crippen molar-refractivity contribution in [2.45, 2.75) is 13.5 Å². The lowest BCUT2D eigenvalue weighted by Crippen LogP contribution is -2.39. The van der Waals surface area contributed by atoms with Crippen LogP contribution in [0.25, 0.3) is 0 Å². The molecule has 0 aliphatic rings. The van der Waals surface area contributed by atoms with Crippen LogP contribution in [-0.4, -0.2) is 18.4 Å². The highest BCUT2D eigenvalue weighted by Crippen LogP contribution is 2.33. The first-order valence-corrected chi connectivity index (χ1v) is 7.26. The van der Waals surface area contributed by atoms with Gasteiger partial charge >= 0.3 is 0 Å². The maximum absolute atomic E-state index is 12.0. The van der Waals surface area contributed by atoms with Crippen molar-refractivity contribution in [2.75, 3.05) is 11.4 Å². The molecular formula is C15H14Cl2N2O3. The molecule has 2 aromatic rings. The van der Waals surface area contributed by atoms with Crippen LogP contribution in [0.5, 0.6) is 0 Å². The van der Waals surface area contributed by atoms with Crippen LogP contribution in [0.1, 0.15) is 12.7 Å². The van der Waals surface area contributed by atoms with Crippen molar-refractivity contribution in [3.05, 3.63) is 52.4 Å². The van der Waals surface area contributed by atoms with Gasteiger partial charge in [-0.15, -0.1) is 0 Å². The van der Waals surface area contributed by atoms with Crippen molar-refractivity contribution in [2.24, 2.45) is 0 Å². The summed E-state index contributed by atoms with van der Waals surface area (Å²) in [4.78, 5) is 25.1. The third kappa shape index (κ3) is 4.02. The van der Waals surface area contributed by atoms with E-state index in [4.69, 9.17) is 27.6 Å². The lowest BCUT2D eigenvalue weighted by Gasteiger charge is -2.22. The Bertz CT molecular complexity index is 651. The molecule has 1 aromatic carbocycles. The predicted molar refractivity (Wildman–Crippen MR) is 85.0 cm³/mol. The Labute approximate surface area is 137 Å². The summed E-state index contributed by atoms with van der Waals surface area (Å²) < 4.78 is 5.12. The van der Waals surface area contributed by atoms with Crippen LogP contribution in [0, 0.1) is 0 Å². The molecule has 2 amide bonds. The summed E-state index contributed by atoms with van der Waals surface area (Å²) in [7, 11) is 0.